The fourth-order valence-corrected chi connectivity index (χ4v) is 2.05. The maximum Gasteiger partial charge on any atom is 0.310 e. The summed E-state index contributed by atoms with van der Waals surface area (Å²) in [7, 11) is 1.37. The highest BCUT2D eigenvalue weighted by Crippen LogP contribution is 2.17. The van der Waals surface area contributed by atoms with Crippen molar-refractivity contribution in [2.45, 2.75) is 19.4 Å². The molecule has 0 radical (unpaired) electrons. The van der Waals surface area contributed by atoms with Gasteiger partial charge >= 0.3 is 5.97 Å². The molecule has 0 bridgehead atoms. The largest absolute Gasteiger partial charge is 0.469 e. The van der Waals surface area contributed by atoms with Gasteiger partial charge in [0.1, 0.15) is 12.9 Å². The maximum absolute atomic E-state index is 12.0. The predicted octanol–water partition coefficient (Wildman–Crippen LogP) is -0.915. The molecule has 0 spiro atoms. The third-order valence-corrected chi connectivity index (χ3v) is 3.00. The van der Waals surface area contributed by atoms with Gasteiger partial charge in [-0.3, -0.25) is 9.59 Å². The zero-order chi connectivity index (χ0) is 13.0. The summed E-state index contributed by atoms with van der Waals surface area (Å²) in [5.41, 5.74) is 0. The molecular weight excluding hydrogens is 238 g/mol. The van der Waals surface area contributed by atoms with Crippen molar-refractivity contribution in [3.05, 3.63) is 6.33 Å². The Labute approximate surface area is 104 Å². The zero-order valence-corrected chi connectivity index (χ0v) is 10.2. The second kappa shape index (κ2) is 5.56. The van der Waals surface area contributed by atoms with Gasteiger partial charge in [-0.1, -0.05) is 0 Å². The second-order valence-electron chi connectivity index (χ2n) is 4.21. The summed E-state index contributed by atoms with van der Waals surface area (Å²) in [4.78, 5) is 25.1. The predicted molar refractivity (Wildman–Crippen MR) is 59.1 cm³/mol. The molecule has 1 fully saturated rings. The number of piperidine rings is 1. The molecule has 1 aromatic heterocycles. The standard InChI is InChI=1S/C10H15N5O3/c1-18-10(17)8-3-2-4-14(5-8)9(16)6-15-7-11-12-13-15/h7-8H,2-6H2,1H3. The van der Waals surface area contributed by atoms with Crippen LogP contribution in [0.1, 0.15) is 12.8 Å². The number of amides is 1. The van der Waals surface area contributed by atoms with Crippen LogP contribution in [-0.4, -0.2) is 57.2 Å². The number of ether oxygens (including phenoxy) is 1. The number of methoxy groups -OCH3 is 1. The number of carbonyl (C=O) groups is 2. The molecule has 18 heavy (non-hydrogen) atoms. The summed E-state index contributed by atoms with van der Waals surface area (Å²) in [5, 5.41) is 10.6. The van der Waals surface area contributed by atoms with E-state index in [1.54, 1.807) is 4.90 Å². The van der Waals surface area contributed by atoms with Crippen LogP contribution in [0.5, 0.6) is 0 Å². The second-order valence-corrected chi connectivity index (χ2v) is 4.21. The Bertz CT molecular complexity index is 419. The van der Waals surface area contributed by atoms with E-state index in [1.807, 2.05) is 0 Å². The van der Waals surface area contributed by atoms with Crippen molar-refractivity contribution in [1.82, 2.24) is 25.1 Å². The molecule has 1 atom stereocenters. The minimum Gasteiger partial charge on any atom is -0.469 e. The van der Waals surface area contributed by atoms with Gasteiger partial charge < -0.3 is 9.64 Å². The van der Waals surface area contributed by atoms with Crippen LogP contribution in [0.2, 0.25) is 0 Å². The summed E-state index contributed by atoms with van der Waals surface area (Å²) in [5.74, 6) is -0.563. The number of tetrazole rings is 1. The van der Waals surface area contributed by atoms with Crippen LogP contribution in [0, 0.1) is 5.92 Å². The lowest BCUT2D eigenvalue weighted by Crippen LogP contribution is -2.44. The highest BCUT2D eigenvalue weighted by molar-refractivity contribution is 5.78. The van der Waals surface area contributed by atoms with Gasteiger partial charge in [0.2, 0.25) is 5.91 Å². The monoisotopic (exact) mass is 253 g/mol. The Kier molecular flexibility index (Phi) is 3.85. The highest BCUT2D eigenvalue weighted by Gasteiger charge is 2.29. The Hall–Kier alpha value is -1.99. The van der Waals surface area contributed by atoms with E-state index in [0.29, 0.717) is 13.1 Å². The average Bonchev–Trinajstić information content (AvgIpc) is 2.90. The zero-order valence-electron chi connectivity index (χ0n) is 10.2. The number of nitrogens with zero attached hydrogens (tertiary/aromatic N) is 5. The van der Waals surface area contributed by atoms with Crippen molar-refractivity contribution >= 4 is 11.9 Å². The quantitative estimate of drug-likeness (QED) is 0.647. The van der Waals surface area contributed by atoms with Crippen molar-refractivity contribution in [3.63, 3.8) is 0 Å². The van der Waals surface area contributed by atoms with E-state index in [0.717, 1.165) is 12.8 Å². The van der Waals surface area contributed by atoms with E-state index in [9.17, 15) is 9.59 Å². The Morgan fingerprint density at radius 1 is 1.50 bits per heavy atom. The van der Waals surface area contributed by atoms with Gasteiger partial charge in [-0.05, 0) is 23.3 Å². The van der Waals surface area contributed by atoms with Crippen LogP contribution in [0.25, 0.3) is 0 Å². The van der Waals surface area contributed by atoms with Gasteiger partial charge in [-0.25, -0.2) is 4.68 Å². The van der Waals surface area contributed by atoms with Crippen LogP contribution < -0.4 is 0 Å². The lowest BCUT2D eigenvalue weighted by atomic mass is 9.98. The summed E-state index contributed by atoms with van der Waals surface area (Å²) in [6.07, 6.45) is 2.96. The molecule has 0 N–H and O–H groups in total. The SMILES string of the molecule is COC(=O)C1CCCN(C(=O)Cn2cnnn2)C1. The van der Waals surface area contributed by atoms with Crippen LogP contribution in [0.15, 0.2) is 6.33 Å². The molecular formula is C10H15N5O3. The van der Waals surface area contributed by atoms with Crippen LogP contribution >= 0.6 is 0 Å². The summed E-state index contributed by atoms with van der Waals surface area (Å²) < 4.78 is 6.07. The van der Waals surface area contributed by atoms with E-state index < -0.39 is 0 Å². The van der Waals surface area contributed by atoms with Crippen molar-refractivity contribution < 1.29 is 14.3 Å². The van der Waals surface area contributed by atoms with Gasteiger partial charge in [-0.15, -0.1) is 5.10 Å². The van der Waals surface area contributed by atoms with E-state index >= 15 is 0 Å². The highest BCUT2D eigenvalue weighted by atomic mass is 16.5. The first-order chi connectivity index (χ1) is 8.70. The smallest absolute Gasteiger partial charge is 0.310 e. The summed E-state index contributed by atoms with van der Waals surface area (Å²) >= 11 is 0. The average molecular weight is 253 g/mol. The molecule has 1 aliphatic rings. The van der Waals surface area contributed by atoms with E-state index in [2.05, 4.69) is 15.5 Å². The molecule has 0 saturated carbocycles. The number of hydrogen-bond acceptors (Lipinski definition) is 6. The van der Waals surface area contributed by atoms with E-state index in [1.165, 1.54) is 18.1 Å². The van der Waals surface area contributed by atoms with Gasteiger partial charge in [0, 0.05) is 13.1 Å². The topological polar surface area (TPSA) is 90.2 Å². The number of esters is 1. The van der Waals surface area contributed by atoms with Gasteiger partial charge in [-0.2, -0.15) is 0 Å². The number of carbonyl (C=O) groups excluding carboxylic acids is 2. The number of rotatable bonds is 3. The molecule has 0 aliphatic carbocycles. The lowest BCUT2D eigenvalue weighted by Gasteiger charge is -2.31. The molecule has 8 heteroatoms. The first kappa shape index (κ1) is 12.5. The van der Waals surface area contributed by atoms with Crippen molar-refractivity contribution in [2.75, 3.05) is 20.2 Å². The number of aromatic nitrogens is 4. The number of likely N-dealkylation sites (tertiary alicyclic amines) is 1. The molecule has 8 nitrogen and oxygen atoms in total. The molecule has 1 saturated heterocycles. The third kappa shape index (κ3) is 2.82. The summed E-state index contributed by atoms with van der Waals surface area (Å²) in [6.45, 7) is 1.17. The Morgan fingerprint density at radius 2 is 2.33 bits per heavy atom. The van der Waals surface area contributed by atoms with Crippen molar-refractivity contribution in [1.29, 1.82) is 0 Å². The molecule has 1 aliphatic heterocycles. The van der Waals surface area contributed by atoms with Crippen LogP contribution in [0.3, 0.4) is 0 Å². The molecule has 0 aromatic carbocycles. The minimum atomic E-state index is -0.255. The molecule has 1 unspecified atom stereocenters. The first-order valence-electron chi connectivity index (χ1n) is 5.77. The Morgan fingerprint density at radius 3 is 3.00 bits per heavy atom. The molecule has 2 rings (SSSR count). The van der Waals surface area contributed by atoms with Crippen LogP contribution in [-0.2, 0) is 20.9 Å². The van der Waals surface area contributed by atoms with Crippen molar-refractivity contribution in [3.8, 4) is 0 Å². The first-order valence-corrected chi connectivity index (χ1v) is 5.77. The minimum absolute atomic E-state index is 0.0871. The van der Waals surface area contributed by atoms with Gasteiger partial charge in [0.25, 0.3) is 0 Å². The Balaban J connectivity index is 1.92. The van der Waals surface area contributed by atoms with E-state index in [4.69, 9.17) is 4.74 Å². The maximum atomic E-state index is 12.0. The van der Waals surface area contributed by atoms with E-state index in [-0.39, 0.29) is 24.3 Å². The normalized spacial score (nSPS) is 19.6. The van der Waals surface area contributed by atoms with Gasteiger partial charge in [0.05, 0.1) is 13.0 Å². The van der Waals surface area contributed by atoms with Crippen LogP contribution in [0.4, 0.5) is 0 Å². The third-order valence-electron chi connectivity index (χ3n) is 3.00. The molecule has 1 amide bonds. The fourth-order valence-electron chi connectivity index (χ4n) is 2.05. The van der Waals surface area contributed by atoms with Gasteiger partial charge in [0.15, 0.2) is 0 Å². The lowest BCUT2D eigenvalue weighted by molar-refractivity contribution is -0.149. The molecule has 2 heterocycles. The summed E-state index contributed by atoms with van der Waals surface area (Å²) in [6, 6.07) is 0. The van der Waals surface area contributed by atoms with Crippen molar-refractivity contribution in [2.24, 2.45) is 5.92 Å². The molecule has 1 aromatic rings. The molecule has 98 valence electrons. The fraction of sp³-hybridized carbons (Fsp3) is 0.700. The number of hydrogen-bond donors (Lipinski definition) is 0.